The molecule has 1 aromatic rings. The summed E-state index contributed by atoms with van der Waals surface area (Å²) in [4.78, 5) is 24.6. The maximum Gasteiger partial charge on any atom is 0.226 e. The van der Waals surface area contributed by atoms with Crippen molar-refractivity contribution in [2.45, 2.75) is 19.4 Å². The van der Waals surface area contributed by atoms with Crippen LogP contribution >= 0.6 is 0 Å². The fourth-order valence-corrected chi connectivity index (χ4v) is 1.62. The van der Waals surface area contributed by atoms with Gasteiger partial charge >= 0.3 is 0 Å². The molecular formula is C14H21N3O2. The number of carbonyl (C=O) groups is 2. The average Bonchev–Trinajstić information content (AvgIpc) is 2.44. The van der Waals surface area contributed by atoms with E-state index in [1.54, 1.807) is 19.0 Å². The number of hydrogen-bond acceptors (Lipinski definition) is 3. The Labute approximate surface area is 113 Å². The lowest BCUT2D eigenvalue weighted by Crippen LogP contribution is -2.32. The molecule has 0 saturated carbocycles. The zero-order valence-corrected chi connectivity index (χ0v) is 11.5. The van der Waals surface area contributed by atoms with Crippen LogP contribution in [0.4, 0.5) is 0 Å². The summed E-state index contributed by atoms with van der Waals surface area (Å²) < 4.78 is 0. The molecule has 0 atom stereocenters. The molecular weight excluding hydrogens is 242 g/mol. The van der Waals surface area contributed by atoms with Gasteiger partial charge in [-0.05, 0) is 11.1 Å². The fourth-order valence-electron chi connectivity index (χ4n) is 1.62. The number of carbonyl (C=O) groups excluding carboxylic acids is 2. The van der Waals surface area contributed by atoms with Gasteiger partial charge in [-0.25, -0.2) is 0 Å². The van der Waals surface area contributed by atoms with Gasteiger partial charge in [0.05, 0.1) is 6.42 Å². The van der Waals surface area contributed by atoms with E-state index in [4.69, 9.17) is 5.73 Å². The summed E-state index contributed by atoms with van der Waals surface area (Å²) in [6.07, 6.45) is 0.667. The first-order chi connectivity index (χ1) is 9.06. The van der Waals surface area contributed by atoms with Gasteiger partial charge < -0.3 is 16.0 Å². The summed E-state index contributed by atoms with van der Waals surface area (Å²) in [5.41, 5.74) is 7.52. The molecule has 5 nitrogen and oxygen atoms in total. The minimum Gasteiger partial charge on any atom is -0.359 e. The number of amides is 2. The standard InChI is InChI=1S/C14H21N3O2/c1-16-13(18)7-8-17(2)14(19)9-11-3-5-12(10-15)6-4-11/h3-6H,7-10,15H2,1-2H3,(H,16,18). The summed E-state index contributed by atoms with van der Waals surface area (Å²) in [5, 5.41) is 2.53. The Balaban J connectivity index is 2.46. The number of likely N-dealkylation sites (N-methyl/N-ethyl adjacent to an activating group) is 1. The highest BCUT2D eigenvalue weighted by atomic mass is 16.2. The monoisotopic (exact) mass is 263 g/mol. The number of hydrogen-bond donors (Lipinski definition) is 2. The number of benzene rings is 1. The maximum absolute atomic E-state index is 11.9. The second kappa shape index (κ2) is 7.53. The van der Waals surface area contributed by atoms with Gasteiger partial charge in [-0.2, -0.15) is 0 Å². The topological polar surface area (TPSA) is 75.4 Å². The third-order valence-electron chi connectivity index (χ3n) is 2.99. The van der Waals surface area contributed by atoms with E-state index in [2.05, 4.69) is 5.32 Å². The smallest absolute Gasteiger partial charge is 0.226 e. The van der Waals surface area contributed by atoms with E-state index in [-0.39, 0.29) is 11.8 Å². The molecule has 0 bridgehead atoms. The van der Waals surface area contributed by atoms with Crippen LogP contribution in [0, 0.1) is 0 Å². The average molecular weight is 263 g/mol. The van der Waals surface area contributed by atoms with Crippen molar-refractivity contribution in [3.63, 3.8) is 0 Å². The van der Waals surface area contributed by atoms with Crippen molar-refractivity contribution in [2.75, 3.05) is 20.6 Å². The van der Waals surface area contributed by atoms with Crippen LogP contribution in [-0.2, 0) is 22.6 Å². The molecule has 0 aliphatic heterocycles. The van der Waals surface area contributed by atoms with Crippen LogP contribution < -0.4 is 11.1 Å². The molecule has 2 amide bonds. The van der Waals surface area contributed by atoms with Crippen LogP contribution in [0.5, 0.6) is 0 Å². The Hall–Kier alpha value is -1.88. The van der Waals surface area contributed by atoms with Gasteiger partial charge in [0.1, 0.15) is 0 Å². The second-order valence-corrected chi connectivity index (χ2v) is 4.44. The largest absolute Gasteiger partial charge is 0.359 e. The number of nitrogens with two attached hydrogens (primary N) is 1. The molecule has 0 aromatic heterocycles. The summed E-state index contributed by atoms with van der Waals surface area (Å²) >= 11 is 0. The lowest BCUT2D eigenvalue weighted by Gasteiger charge is -2.16. The maximum atomic E-state index is 11.9. The van der Waals surface area contributed by atoms with Gasteiger partial charge in [-0.15, -0.1) is 0 Å². The van der Waals surface area contributed by atoms with Gasteiger partial charge in [0.2, 0.25) is 11.8 Å². The molecule has 1 aromatic carbocycles. The van der Waals surface area contributed by atoms with Gasteiger partial charge in [-0.3, -0.25) is 9.59 Å². The summed E-state index contributed by atoms with van der Waals surface area (Å²) in [5.74, 6) is -0.0589. The van der Waals surface area contributed by atoms with Crippen LogP contribution in [0.3, 0.4) is 0 Å². The van der Waals surface area contributed by atoms with E-state index >= 15 is 0 Å². The highest BCUT2D eigenvalue weighted by molar-refractivity contribution is 5.80. The fraction of sp³-hybridized carbons (Fsp3) is 0.429. The molecule has 0 heterocycles. The van der Waals surface area contributed by atoms with E-state index in [1.807, 2.05) is 24.3 Å². The van der Waals surface area contributed by atoms with E-state index in [0.717, 1.165) is 11.1 Å². The molecule has 0 radical (unpaired) electrons. The third kappa shape index (κ3) is 5.09. The Morgan fingerprint density at radius 3 is 2.32 bits per heavy atom. The predicted octanol–water partition coefficient (Wildman–Crippen LogP) is 0.282. The zero-order chi connectivity index (χ0) is 14.3. The minimum absolute atomic E-state index is 0.00408. The molecule has 1 rings (SSSR count). The van der Waals surface area contributed by atoms with Gasteiger partial charge in [0.15, 0.2) is 0 Å². The molecule has 0 aliphatic carbocycles. The molecule has 5 heteroatoms. The molecule has 0 spiro atoms. The highest BCUT2D eigenvalue weighted by Gasteiger charge is 2.10. The van der Waals surface area contributed by atoms with Crippen LogP contribution in [0.2, 0.25) is 0 Å². The van der Waals surface area contributed by atoms with E-state index in [1.165, 1.54) is 0 Å². The van der Waals surface area contributed by atoms with Crippen molar-refractivity contribution >= 4 is 11.8 Å². The van der Waals surface area contributed by atoms with Crippen molar-refractivity contribution in [1.82, 2.24) is 10.2 Å². The Kier molecular flexibility index (Phi) is 6.02. The van der Waals surface area contributed by atoms with Gasteiger partial charge in [0, 0.05) is 33.6 Å². The zero-order valence-electron chi connectivity index (χ0n) is 11.5. The minimum atomic E-state index is -0.0630. The van der Waals surface area contributed by atoms with Crippen molar-refractivity contribution < 1.29 is 9.59 Å². The lowest BCUT2D eigenvalue weighted by molar-refractivity contribution is -0.129. The van der Waals surface area contributed by atoms with Crippen molar-refractivity contribution in [2.24, 2.45) is 5.73 Å². The van der Waals surface area contributed by atoms with Crippen molar-refractivity contribution in [3.05, 3.63) is 35.4 Å². The predicted molar refractivity (Wildman–Crippen MR) is 74.4 cm³/mol. The molecule has 0 fully saturated rings. The molecule has 3 N–H and O–H groups in total. The molecule has 19 heavy (non-hydrogen) atoms. The van der Waals surface area contributed by atoms with E-state index in [0.29, 0.717) is 25.9 Å². The first kappa shape index (κ1) is 15.2. The summed E-state index contributed by atoms with van der Waals surface area (Å²) in [6.45, 7) is 0.930. The van der Waals surface area contributed by atoms with Crippen LogP contribution in [0.15, 0.2) is 24.3 Å². The lowest BCUT2D eigenvalue weighted by atomic mass is 10.1. The summed E-state index contributed by atoms with van der Waals surface area (Å²) in [6, 6.07) is 7.67. The number of nitrogens with zero attached hydrogens (tertiary/aromatic N) is 1. The molecule has 0 saturated heterocycles. The van der Waals surface area contributed by atoms with Crippen LogP contribution in [0.1, 0.15) is 17.5 Å². The van der Waals surface area contributed by atoms with Crippen LogP contribution in [0.25, 0.3) is 0 Å². The quantitative estimate of drug-likeness (QED) is 0.774. The number of rotatable bonds is 6. The van der Waals surface area contributed by atoms with Crippen molar-refractivity contribution in [1.29, 1.82) is 0 Å². The first-order valence-electron chi connectivity index (χ1n) is 6.29. The summed E-state index contributed by atoms with van der Waals surface area (Å²) in [7, 11) is 3.29. The van der Waals surface area contributed by atoms with E-state index in [9.17, 15) is 9.59 Å². The van der Waals surface area contributed by atoms with Crippen LogP contribution in [-0.4, -0.2) is 37.4 Å². The second-order valence-electron chi connectivity index (χ2n) is 4.44. The molecule has 0 aliphatic rings. The normalized spacial score (nSPS) is 10.1. The third-order valence-corrected chi connectivity index (χ3v) is 2.99. The first-order valence-corrected chi connectivity index (χ1v) is 6.29. The Morgan fingerprint density at radius 1 is 1.21 bits per heavy atom. The van der Waals surface area contributed by atoms with Crippen molar-refractivity contribution in [3.8, 4) is 0 Å². The van der Waals surface area contributed by atoms with E-state index < -0.39 is 0 Å². The number of nitrogens with one attached hydrogen (secondary N) is 1. The molecule has 104 valence electrons. The molecule has 0 unspecified atom stereocenters. The Morgan fingerprint density at radius 2 is 1.79 bits per heavy atom. The SMILES string of the molecule is CNC(=O)CCN(C)C(=O)Cc1ccc(CN)cc1. The van der Waals surface area contributed by atoms with Gasteiger partial charge in [-0.1, -0.05) is 24.3 Å². The van der Waals surface area contributed by atoms with Gasteiger partial charge in [0.25, 0.3) is 0 Å². The highest BCUT2D eigenvalue weighted by Crippen LogP contribution is 2.06. The Bertz CT molecular complexity index is 429.